The summed E-state index contributed by atoms with van der Waals surface area (Å²) in [5, 5.41) is 3.07. The molecule has 1 unspecified atom stereocenters. The number of anilines is 1. The lowest BCUT2D eigenvalue weighted by atomic mass is 9.99. The maximum absolute atomic E-state index is 12.8. The van der Waals surface area contributed by atoms with Gasteiger partial charge in [0.1, 0.15) is 23.6 Å². The molecule has 0 bridgehead atoms. The van der Waals surface area contributed by atoms with Crippen molar-refractivity contribution < 1.29 is 14.3 Å². The second-order valence-electron chi connectivity index (χ2n) is 8.01. The van der Waals surface area contributed by atoms with E-state index in [4.69, 9.17) is 14.5 Å². The molecule has 1 aliphatic heterocycles. The number of piperidine rings is 1. The monoisotopic (exact) mass is 450 g/mol. The predicted octanol–water partition coefficient (Wildman–Crippen LogP) is 2.79. The minimum absolute atomic E-state index is 0.0395. The molecule has 0 spiro atoms. The molecule has 4 rings (SSSR count). The van der Waals surface area contributed by atoms with Gasteiger partial charge in [-0.05, 0) is 55.5 Å². The molecule has 9 heteroatoms. The second kappa shape index (κ2) is 10.8. The zero-order valence-electron chi connectivity index (χ0n) is 19.1. The van der Waals surface area contributed by atoms with Crippen LogP contribution in [0.1, 0.15) is 31.2 Å². The fraction of sp³-hybridized carbons (Fsp3) is 0.417. The van der Waals surface area contributed by atoms with Gasteiger partial charge < -0.3 is 19.7 Å². The Labute approximate surface area is 193 Å². The zero-order valence-corrected chi connectivity index (χ0v) is 19.1. The molecule has 174 valence electrons. The Kier molecular flexibility index (Phi) is 7.39. The number of benzene rings is 1. The highest BCUT2D eigenvalue weighted by molar-refractivity contribution is 5.77. The standard InChI is InChI=1S/C24H30N6O3/c1-32-20-6-7-21(33-2)18(15-20)8-10-26-23(31)16-19-5-3-4-13-30(19)22-9-11-27-24(28-22)29-14-12-25-17-29/h6-7,9,11-12,14-15,17,19H,3-5,8,10,13,16H2,1-2H3,(H,26,31). The van der Waals surface area contributed by atoms with Crippen LogP contribution in [0.2, 0.25) is 0 Å². The van der Waals surface area contributed by atoms with Crippen molar-refractivity contribution in [3.8, 4) is 17.4 Å². The molecule has 0 aliphatic carbocycles. The number of imidazole rings is 1. The molecular formula is C24H30N6O3. The average molecular weight is 451 g/mol. The summed E-state index contributed by atoms with van der Waals surface area (Å²) in [4.78, 5) is 28.1. The summed E-state index contributed by atoms with van der Waals surface area (Å²) < 4.78 is 12.5. The number of nitrogens with one attached hydrogen (secondary N) is 1. The summed E-state index contributed by atoms with van der Waals surface area (Å²) in [6.07, 6.45) is 11.2. The number of hydrogen-bond donors (Lipinski definition) is 1. The minimum Gasteiger partial charge on any atom is -0.497 e. The van der Waals surface area contributed by atoms with E-state index >= 15 is 0 Å². The highest BCUT2D eigenvalue weighted by Crippen LogP contribution is 2.26. The first kappa shape index (κ1) is 22.6. The Hall–Kier alpha value is -3.62. The van der Waals surface area contributed by atoms with E-state index in [1.807, 2.05) is 30.5 Å². The van der Waals surface area contributed by atoms with Gasteiger partial charge in [-0.25, -0.2) is 9.97 Å². The fourth-order valence-corrected chi connectivity index (χ4v) is 4.22. The summed E-state index contributed by atoms with van der Waals surface area (Å²) in [6, 6.07) is 7.71. The van der Waals surface area contributed by atoms with Gasteiger partial charge in [0.05, 0.1) is 14.2 Å². The second-order valence-corrected chi connectivity index (χ2v) is 8.01. The highest BCUT2D eigenvalue weighted by Gasteiger charge is 2.26. The van der Waals surface area contributed by atoms with Crippen LogP contribution in [0.4, 0.5) is 5.82 Å². The number of carbonyl (C=O) groups excluding carboxylic acids is 1. The molecule has 1 N–H and O–H groups in total. The van der Waals surface area contributed by atoms with Crippen LogP contribution < -0.4 is 19.7 Å². The molecular weight excluding hydrogens is 420 g/mol. The molecule has 1 aromatic carbocycles. The molecule has 3 heterocycles. The Bertz CT molecular complexity index is 1060. The first-order valence-electron chi connectivity index (χ1n) is 11.2. The normalized spacial score (nSPS) is 15.8. The Morgan fingerprint density at radius 1 is 1.18 bits per heavy atom. The number of aromatic nitrogens is 4. The van der Waals surface area contributed by atoms with E-state index in [0.29, 0.717) is 25.3 Å². The molecule has 1 atom stereocenters. The number of methoxy groups -OCH3 is 2. The van der Waals surface area contributed by atoms with Crippen molar-refractivity contribution in [1.82, 2.24) is 24.8 Å². The van der Waals surface area contributed by atoms with Crippen molar-refractivity contribution in [3.05, 3.63) is 54.7 Å². The van der Waals surface area contributed by atoms with E-state index in [1.165, 1.54) is 0 Å². The number of hydrogen-bond acceptors (Lipinski definition) is 7. The van der Waals surface area contributed by atoms with Crippen LogP contribution in [-0.4, -0.2) is 58.8 Å². The third-order valence-corrected chi connectivity index (χ3v) is 5.91. The SMILES string of the molecule is COc1ccc(OC)c(CCNC(=O)CC2CCCCN2c2ccnc(-n3ccnc3)n2)c1. The molecule has 3 aromatic rings. The van der Waals surface area contributed by atoms with Crippen molar-refractivity contribution in [2.24, 2.45) is 0 Å². The van der Waals surface area contributed by atoms with Crippen LogP contribution in [0, 0.1) is 0 Å². The fourth-order valence-electron chi connectivity index (χ4n) is 4.22. The topological polar surface area (TPSA) is 94.4 Å². The lowest BCUT2D eigenvalue weighted by Crippen LogP contribution is -2.43. The van der Waals surface area contributed by atoms with Gasteiger partial charge in [-0.15, -0.1) is 0 Å². The van der Waals surface area contributed by atoms with Gasteiger partial charge in [0.2, 0.25) is 11.9 Å². The van der Waals surface area contributed by atoms with Crippen molar-refractivity contribution in [2.75, 3.05) is 32.2 Å². The van der Waals surface area contributed by atoms with Gasteiger partial charge in [-0.1, -0.05) is 0 Å². The van der Waals surface area contributed by atoms with Crippen molar-refractivity contribution in [2.45, 2.75) is 38.1 Å². The Morgan fingerprint density at radius 2 is 2.09 bits per heavy atom. The molecule has 1 saturated heterocycles. The summed E-state index contributed by atoms with van der Waals surface area (Å²) >= 11 is 0. The van der Waals surface area contributed by atoms with Crippen molar-refractivity contribution >= 4 is 11.7 Å². The van der Waals surface area contributed by atoms with Crippen LogP contribution in [-0.2, 0) is 11.2 Å². The van der Waals surface area contributed by atoms with E-state index in [9.17, 15) is 4.79 Å². The van der Waals surface area contributed by atoms with E-state index in [-0.39, 0.29) is 11.9 Å². The molecule has 9 nitrogen and oxygen atoms in total. The lowest BCUT2D eigenvalue weighted by molar-refractivity contribution is -0.121. The molecule has 1 fully saturated rings. The first-order valence-corrected chi connectivity index (χ1v) is 11.2. The van der Waals surface area contributed by atoms with Gasteiger partial charge in [-0.3, -0.25) is 9.36 Å². The number of nitrogens with zero attached hydrogens (tertiary/aromatic N) is 5. The third kappa shape index (κ3) is 5.60. The van der Waals surface area contributed by atoms with Crippen LogP contribution in [0.25, 0.3) is 5.95 Å². The number of rotatable bonds is 9. The van der Waals surface area contributed by atoms with Crippen LogP contribution in [0.3, 0.4) is 0 Å². The smallest absolute Gasteiger partial charge is 0.236 e. The third-order valence-electron chi connectivity index (χ3n) is 5.91. The van der Waals surface area contributed by atoms with Gasteiger partial charge in [0, 0.05) is 44.1 Å². The summed E-state index contributed by atoms with van der Waals surface area (Å²) in [5.74, 6) is 3.02. The average Bonchev–Trinajstić information content (AvgIpc) is 3.39. The number of amides is 1. The molecule has 0 radical (unpaired) electrons. The van der Waals surface area contributed by atoms with Gasteiger partial charge in [0.25, 0.3) is 0 Å². The molecule has 2 aromatic heterocycles. The Balaban J connectivity index is 1.37. The minimum atomic E-state index is 0.0395. The maximum atomic E-state index is 12.8. The van der Waals surface area contributed by atoms with Gasteiger partial charge in [0.15, 0.2) is 0 Å². The van der Waals surface area contributed by atoms with Crippen LogP contribution in [0.15, 0.2) is 49.2 Å². The molecule has 1 aliphatic rings. The summed E-state index contributed by atoms with van der Waals surface area (Å²) in [6.45, 7) is 1.41. The molecule has 0 saturated carbocycles. The summed E-state index contributed by atoms with van der Waals surface area (Å²) in [7, 11) is 3.28. The first-order chi connectivity index (χ1) is 16.2. The highest BCUT2D eigenvalue weighted by atomic mass is 16.5. The van der Waals surface area contributed by atoms with E-state index in [1.54, 1.807) is 37.5 Å². The van der Waals surface area contributed by atoms with Crippen molar-refractivity contribution in [3.63, 3.8) is 0 Å². The van der Waals surface area contributed by atoms with Crippen molar-refractivity contribution in [1.29, 1.82) is 0 Å². The van der Waals surface area contributed by atoms with E-state index < -0.39 is 0 Å². The van der Waals surface area contributed by atoms with E-state index in [0.717, 1.165) is 48.7 Å². The zero-order chi connectivity index (χ0) is 23.0. The quantitative estimate of drug-likeness (QED) is 0.536. The lowest BCUT2D eigenvalue weighted by Gasteiger charge is -2.36. The largest absolute Gasteiger partial charge is 0.497 e. The Morgan fingerprint density at radius 3 is 2.88 bits per heavy atom. The van der Waals surface area contributed by atoms with Gasteiger partial charge in [-0.2, -0.15) is 4.98 Å². The molecule has 33 heavy (non-hydrogen) atoms. The summed E-state index contributed by atoms with van der Waals surface area (Å²) in [5.41, 5.74) is 1.00. The number of ether oxygens (including phenoxy) is 2. The van der Waals surface area contributed by atoms with Gasteiger partial charge >= 0.3 is 0 Å². The van der Waals surface area contributed by atoms with Crippen LogP contribution in [0.5, 0.6) is 11.5 Å². The maximum Gasteiger partial charge on any atom is 0.236 e. The number of carbonyl (C=O) groups is 1. The molecule has 1 amide bonds. The predicted molar refractivity (Wildman–Crippen MR) is 125 cm³/mol. The van der Waals surface area contributed by atoms with Crippen LogP contribution >= 0.6 is 0 Å². The van der Waals surface area contributed by atoms with E-state index in [2.05, 4.69) is 20.2 Å².